The summed E-state index contributed by atoms with van der Waals surface area (Å²) in [5.74, 6) is 0.437. The van der Waals surface area contributed by atoms with Gasteiger partial charge >= 0.3 is 0 Å². The zero-order valence-corrected chi connectivity index (χ0v) is 10.9. The van der Waals surface area contributed by atoms with Gasteiger partial charge in [0.25, 0.3) is 0 Å². The minimum atomic E-state index is 0.437. The van der Waals surface area contributed by atoms with Crippen LogP contribution in [-0.4, -0.2) is 30.4 Å². The number of H-pyrrole nitrogens is 2. The molecule has 4 aromatic heterocycles. The molecule has 0 aliphatic rings. The molecule has 0 spiro atoms. The van der Waals surface area contributed by atoms with Gasteiger partial charge in [0.05, 0.1) is 11.9 Å². The highest BCUT2D eigenvalue weighted by Gasteiger charge is 2.09. The first-order chi connectivity index (χ1) is 10.3. The second-order valence-electron chi connectivity index (χ2n) is 4.62. The van der Waals surface area contributed by atoms with Crippen LogP contribution in [0.1, 0.15) is 0 Å². The molecule has 21 heavy (non-hydrogen) atoms. The third-order valence-electron chi connectivity index (χ3n) is 3.31. The fraction of sp³-hybridized carbons (Fsp3) is 0. The van der Waals surface area contributed by atoms with Gasteiger partial charge in [-0.1, -0.05) is 0 Å². The summed E-state index contributed by atoms with van der Waals surface area (Å²) in [4.78, 5) is 11.8. The number of pyridine rings is 2. The number of nitrogens with two attached hydrogens (primary N) is 1. The number of hydrogen-bond donors (Lipinski definition) is 3. The van der Waals surface area contributed by atoms with Crippen LogP contribution in [0.15, 0.2) is 42.9 Å². The third-order valence-corrected chi connectivity index (χ3v) is 3.31. The van der Waals surface area contributed by atoms with Crippen molar-refractivity contribution in [2.75, 3.05) is 5.73 Å². The molecule has 0 saturated heterocycles. The molecule has 102 valence electrons. The average molecular weight is 277 g/mol. The Bertz CT molecular complexity index is 908. The number of nitrogens with one attached hydrogen (secondary N) is 2. The van der Waals surface area contributed by atoms with Crippen molar-refractivity contribution in [2.45, 2.75) is 0 Å². The van der Waals surface area contributed by atoms with Gasteiger partial charge in [-0.25, -0.2) is 9.97 Å². The van der Waals surface area contributed by atoms with Gasteiger partial charge in [0.1, 0.15) is 17.2 Å². The first kappa shape index (κ1) is 11.6. The van der Waals surface area contributed by atoms with Crippen molar-refractivity contribution in [3.05, 3.63) is 42.9 Å². The monoisotopic (exact) mass is 277 g/mol. The Morgan fingerprint density at radius 2 is 2.00 bits per heavy atom. The predicted octanol–water partition coefficient (Wildman–Crippen LogP) is 1.99. The van der Waals surface area contributed by atoms with E-state index in [1.54, 1.807) is 12.4 Å². The Labute approximate surface area is 119 Å². The highest BCUT2D eigenvalue weighted by Crippen LogP contribution is 2.28. The second kappa shape index (κ2) is 4.41. The minimum Gasteiger partial charge on any atom is -0.383 e. The highest BCUT2D eigenvalue weighted by atomic mass is 15.3. The molecule has 0 fully saturated rings. The van der Waals surface area contributed by atoms with E-state index in [1.165, 1.54) is 0 Å². The molecule has 4 N–H and O–H groups in total. The largest absolute Gasteiger partial charge is 0.383 e. The molecule has 0 unspecified atom stereocenters. The van der Waals surface area contributed by atoms with E-state index in [1.807, 2.05) is 30.5 Å². The molecule has 0 amide bonds. The van der Waals surface area contributed by atoms with E-state index in [4.69, 9.17) is 5.73 Å². The Kier molecular flexibility index (Phi) is 2.43. The van der Waals surface area contributed by atoms with Crippen LogP contribution in [-0.2, 0) is 0 Å². The minimum absolute atomic E-state index is 0.437. The normalized spacial score (nSPS) is 11.0. The quantitative estimate of drug-likeness (QED) is 0.519. The lowest BCUT2D eigenvalue weighted by atomic mass is 10.1. The predicted molar refractivity (Wildman–Crippen MR) is 79.1 cm³/mol. The van der Waals surface area contributed by atoms with E-state index in [9.17, 15) is 0 Å². The maximum absolute atomic E-state index is 6.07. The lowest BCUT2D eigenvalue weighted by molar-refractivity contribution is 0.941. The van der Waals surface area contributed by atoms with Gasteiger partial charge in [0.2, 0.25) is 0 Å². The van der Waals surface area contributed by atoms with Crippen LogP contribution in [0.2, 0.25) is 0 Å². The topological polar surface area (TPSA) is 109 Å². The molecule has 7 heteroatoms. The number of hydrogen-bond acceptors (Lipinski definition) is 5. The fourth-order valence-electron chi connectivity index (χ4n) is 2.27. The number of nitrogens with zero attached hydrogens (tertiary/aromatic N) is 4. The fourth-order valence-corrected chi connectivity index (χ4v) is 2.27. The summed E-state index contributed by atoms with van der Waals surface area (Å²) in [6.45, 7) is 0. The van der Waals surface area contributed by atoms with Crippen LogP contribution in [0, 0.1) is 0 Å². The van der Waals surface area contributed by atoms with E-state index < -0.39 is 0 Å². The van der Waals surface area contributed by atoms with Gasteiger partial charge in [0.15, 0.2) is 0 Å². The van der Waals surface area contributed by atoms with Crippen molar-refractivity contribution in [2.24, 2.45) is 0 Å². The molecule has 4 aromatic rings. The summed E-state index contributed by atoms with van der Waals surface area (Å²) in [6.07, 6.45) is 5.24. The van der Waals surface area contributed by atoms with Gasteiger partial charge in [-0.15, -0.1) is 0 Å². The average Bonchev–Trinajstić information content (AvgIpc) is 3.18. The van der Waals surface area contributed by atoms with Crippen molar-refractivity contribution in [3.8, 4) is 22.5 Å². The van der Waals surface area contributed by atoms with Crippen LogP contribution in [0.3, 0.4) is 0 Å². The molecule has 0 bridgehead atoms. The van der Waals surface area contributed by atoms with Crippen LogP contribution in [0.25, 0.3) is 33.5 Å². The molecular weight excluding hydrogens is 266 g/mol. The number of aromatic amines is 2. The SMILES string of the molecule is Nc1nc(-c2cn[nH]n2)ccc1-c1cnc2[nH]ccc2c1. The van der Waals surface area contributed by atoms with Crippen LogP contribution >= 0.6 is 0 Å². The molecule has 0 aliphatic heterocycles. The number of rotatable bonds is 2. The molecule has 7 nitrogen and oxygen atoms in total. The Balaban J connectivity index is 1.81. The van der Waals surface area contributed by atoms with Crippen LogP contribution < -0.4 is 5.73 Å². The lowest BCUT2D eigenvalue weighted by Crippen LogP contribution is -1.96. The zero-order valence-electron chi connectivity index (χ0n) is 10.9. The van der Waals surface area contributed by atoms with E-state index in [2.05, 4.69) is 30.4 Å². The van der Waals surface area contributed by atoms with E-state index in [0.29, 0.717) is 17.2 Å². The summed E-state index contributed by atoms with van der Waals surface area (Å²) >= 11 is 0. The summed E-state index contributed by atoms with van der Waals surface area (Å²) in [5.41, 5.74) is 10.0. The molecular formula is C14H11N7. The summed E-state index contributed by atoms with van der Waals surface area (Å²) in [7, 11) is 0. The van der Waals surface area contributed by atoms with Crippen molar-refractivity contribution in [3.63, 3.8) is 0 Å². The molecule has 0 saturated carbocycles. The Morgan fingerprint density at radius 3 is 2.81 bits per heavy atom. The van der Waals surface area contributed by atoms with Crippen LogP contribution in [0.5, 0.6) is 0 Å². The van der Waals surface area contributed by atoms with Gasteiger partial charge in [-0.05, 0) is 24.3 Å². The van der Waals surface area contributed by atoms with Gasteiger partial charge in [0, 0.05) is 28.9 Å². The molecule has 4 heterocycles. The van der Waals surface area contributed by atoms with Crippen molar-refractivity contribution in [1.29, 1.82) is 0 Å². The van der Waals surface area contributed by atoms with E-state index in [0.717, 1.165) is 22.2 Å². The van der Waals surface area contributed by atoms with E-state index >= 15 is 0 Å². The van der Waals surface area contributed by atoms with E-state index in [-0.39, 0.29) is 0 Å². The molecule has 0 atom stereocenters. The number of nitrogen functional groups attached to an aromatic ring is 1. The Morgan fingerprint density at radius 1 is 1.05 bits per heavy atom. The maximum atomic E-state index is 6.07. The zero-order chi connectivity index (χ0) is 14.2. The summed E-state index contributed by atoms with van der Waals surface area (Å²) in [6, 6.07) is 7.79. The molecule has 0 radical (unpaired) electrons. The smallest absolute Gasteiger partial charge is 0.137 e. The van der Waals surface area contributed by atoms with Crippen molar-refractivity contribution < 1.29 is 0 Å². The second-order valence-corrected chi connectivity index (χ2v) is 4.62. The summed E-state index contributed by atoms with van der Waals surface area (Å²) in [5, 5.41) is 11.4. The lowest BCUT2D eigenvalue weighted by Gasteiger charge is -2.06. The van der Waals surface area contributed by atoms with Gasteiger partial charge in [-0.2, -0.15) is 15.4 Å². The van der Waals surface area contributed by atoms with Crippen LogP contribution in [0.4, 0.5) is 5.82 Å². The van der Waals surface area contributed by atoms with Gasteiger partial charge in [-0.3, -0.25) is 0 Å². The molecule has 0 aliphatic carbocycles. The molecule has 0 aromatic carbocycles. The number of fused-ring (bicyclic) bond motifs is 1. The standard InChI is InChI=1S/C14H11N7/c15-13-10(1-2-11(19-13)12-7-18-21-20-12)9-5-8-3-4-16-14(8)17-6-9/h1-7H,(H2,15,19)(H,16,17)(H,18,20,21). The number of anilines is 1. The Hall–Kier alpha value is -3.22. The molecule has 4 rings (SSSR count). The first-order valence-corrected chi connectivity index (χ1v) is 6.37. The third kappa shape index (κ3) is 1.91. The number of aromatic nitrogens is 6. The van der Waals surface area contributed by atoms with Crippen molar-refractivity contribution >= 4 is 16.9 Å². The first-order valence-electron chi connectivity index (χ1n) is 6.37. The maximum Gasteiger partial charge on any atom is 0.137 e. The summed E-state index contributed by atoms with van der Waals surface area (Å²) < 4.78 is 0. The van der Waals surface area contributed by atoms with Gasteiger partial charge < -0.3 is 10.7 Å². The van der Waals surface area contributed by atoms with Crippen molar-refractivity contribution in [1.82, 2.24) is 30.4 Å². The highest BCUT2D eigenvalue weighted by molar-refractivity contribution is 5.84.